The molecule has 19 heavy (non-hydrogen) atoms. The van der Waals surface area contributed by atoms with Gasteiger partial charge in [-0.25, -0.2) is 0 Å². The Labute approximate surface area is 111 Å². The molecule has 0 spiro atoms. The predicted octanol–water partition coefficient (Wildman–Crippen LogP) is 3.09. The zero-order valence-corrected chi connectivity index (χ0v) is 11.0. The van der Waals surface area contributed by atoms with E-state index in [9.17, 15) is 0 Å². The van der Waals surface area contributed by atoms with Crippen molar-refractivity contribution in [1.29, 1.82) is 0 Å². The van der Waals surface area contributed by atoms with Crippen molar-refractivity contribution in [1.82, 2.24) is 9.97 Å². The Bertz CT molecular complexity index is 766. The van der Waals surface area contributed by atoms with Gasteiger partial charge in [0.1, 0.15) is 0 Å². The lowest BCUT2D eigenvalue weighted by Crippen LogP contribution is -2.31. The van der Waals surface area contributed by atoms with Gasteiger partial charge >= 0.3 is 0 Å². The van der Waals surface area contributed by atoms with E-state index >= 15 is 0 Å². The summed E-state index contributed by atoms with van der Waals surface area (Å²) >= 11 is 0. The van der Waals surface area contributed by atoms with E-state index < -0.39 is 0 Å². The molecule has 2 heterocycles. The topological polar surface area (TPSA) is 54.7 Å². The van der Waals surface area contributed by atoms with E-state index in [4.69, 9.17) is 5.73 Å². The van der Waals surface area contributed by atoms with Gasteiger partial charge in [-0.05, 0) is 43.5 Å². The number of nitrogens with zero attached hydrogens (tertiary/aromatic N) is 1. The minimum atomic E-state index is 0.213. The Balaban J connectivity index is 1.98. The molecule has 96 valence electrons. The number of H-pyrrole nitrogens is 1. The Morgan fingerprint density at radius 3 is 2.79 bits per heavy atom. The van der Waals surface area contributed by atoms with E-state index in [1.165, 1.54) is 34.7 Å². The van der Waals surface area contributed by atoms with Crippen molar-refractivity contribution in [2.45, 2.75) is 31.2 Å². The SMILES string of the molecule is CC(N)C1(c2ccc3[nH]c4cnccc4c3c2)CC1. The second kappa shape index (κ2) is 3.58. The van der Waals surface area contributed by atoms with Crippen LogP contribution in [0.4, 0.5) is 0 Å². The molecule has 0 bridgehead atoms. The molecule has 3 heteroatoms. The minimum Gasteiger partial charge on any atom is -0.353 e. The highest BCUT2D eigenvalue weighted by atomic mass is 14.7. The van der Waals surface area contributed by atoms with Crippen molar-refractivity contribution >= 4 is 21.8 Å². The maximum atomic E-state index is 6.18. The lowest BCUT2D eigenvalue weighted by Gasteiger charge is -2.20. The molecule has 1 saturated carbocycles. The molecule has 0 saturated heterocycles. The molecule has 1 fully saturated rings. The molecule has 3 N–H and O–H groups in total. The number of aromatic amines is 1. The van der Waals surface area contributed by atoms with E-state index in [-0.39, 0.29) is 11.5 Å². The number of nitrogens with one attached hydrogen (secondary N) is 1. The number of benzene rings is 1. The molecule has 1 unspecified atom stereocenters. The molecule has 1 aromatic carbocycles. The van der Waals surface area contributed by atoms with Crippen LogP contribution in [0.5, 0.6) is 0 Å². The molecule has 1 atom stereocenters. The first-order chi connectivity index (χ1) is 9.21. The first-order valence-electron chi connectivity index (χ1n) is 6.82. The van der Waals surface area contributed by atoms with Crippen LogP contribution in [0.25, 0.3) is 21.8 Å². The molecule has 0 aliphatic heterocycles. The average molecular weight is 251 g/mol. The summed E-state index contributed by atoms with van der Waals surface area (Å²) in [5.41, 5.74) is 10.0. The molecule has 1 aliphatic rings. The van der Waals surface area contributed by atoms with Gasteiger partial charge in [-0.15, -0.1) is 0 Å². The van der Waals surface area contributed by atoms with Crippen LogP contribution >= 0.6 is 0 Å². The normalized spacial score (nSPS) is 18.8. The third-order valence-electron chi connectivity index (χ3n) is 4.64. The fraction of sp³-hybridized carbons (Fsp3) is 0.312. The van der Waals surface area contributed by atoms with Crippen molar-refractivity contribution in [2.24, 2.45) is 5.73 Å². The van der Waals surface area contributed by atoms with Crippen LogP contribution in [0.3, 0.4) is 0 Å². The Morgan fingerprint density at radius 1 is 1.21 bits per heavy atom. The van der Waals surface area contributed by atoms with Crippen LogP contribution in [-0.4, -0.2) is 16.0 Å². The van der Waals surface area contributed by atoms with Gasteiger partial charge in [-0.1, -0.05) is 6.07 Å². The monoisotopic (exact) mass is 251 g/mol. The first kappa shape index (κ1) is 11.0. The van der Waals surface area contributed by atoms with Gasteiger partial charge < -0.3 is 10.7 Å². The lowest BCUT2D eigenvalue weighted by atomic mass is 9.88. The van der Waals surface area contributed by atoms with Crippen molar-refractivity contribution in [3.05, 3.63) is 42.2 Å². The average Bonchev–Trinajstić information content (AvgIpc) is 3.15. The molecular weight excluding hydrogens is 234 g/mol. The van der Waals surface area contributed by atoms with Crippen molar-refractivity contribution in [3.8, 4) is 0 Å². The minimum absolute atomic E-state index is 0.213. The number of aromatic nitrogens is 2. The van der Waals surface area contributed by atoms with Gasteiger partial charge in [-0.2, -0.15) is 0 Å². The van der Waals surface area contributed by atoms with Gasteiger partial charge in [0, 0.05) is 33.9 Å². The molecular formula is C16H17N3. The predicted molar refractivity (Wildman–Crippen MR) is 78.2 cm³/mol. The molecule has 1 aliphatic carbocycles. The first-order valence-corrected chi connectivity index (χ1v) is 6.82. The fourth-order valence-electron chi connectivity index (χ4n) is 3.20. The smallest absolute Gasteiger partial charge is 0.0651 e. The molecule has 0 radical (unpaired) electrons. The van der Waals surface area contributed by atoms with Crippen LogP contribution < -0.4 is 5.73 Å². The zero-order chi connectivity index (χ0) is 13.0. The molecule has 2 aromatic heterocycles. The lowest BCUT2D eigenvalue weighted by molar-refractivity contribution is 0.557. The quantitative estimate of drug-likeness (QED) is 0.735. The number of nitrogens with two attached hydrogens (primary N) is 1. The van der Waals surface area contributed by atoms with Gasteiger partial charge in [-0.3, -0.25) is 4.98 Å². The Hall–Kier alpha value is -1.87. The third-order valence-corrected chi connectivity index (χ3v) is 4.64. The summed E-state index contributed by atoms with van der Waals surface area (Å²) in [6.45, 7) is 2.12. The number of hydrogen-bond acceptors (Lipinski definition) is 2. The maximum absolute atomic E-state index is 6.18. The van der Waals surface area contributed by atoms with Gasteiger partial charge in [0.05, 0.1) is 11.7 Å². The van der Waals surface area contributed by atoms with E-state index in [0.717, 1.165) is 5.52 Å². The third kappa shape index (κ3) is 1.45. The van der Waals surface area contributed by atoms with Crippen molar-refractivity contribution in [2.75, 3.05) is 0 Å². The number of hydrogen-bond donors (Lipinski definition) is 2. The van der Waals surface area contributed by atoms with E-state index in [1.807, 2.05) is 12.4 Å². The zero-order valence-electron chi connectivity index (χ0n) is 11.0. The highest BCUT2D eigenvalue weighted by Gasteiger charge is 2.47. The number of fused-ring (bicyclic) bond motifs is 3. The molecule has 3 aromatic rings. The van der Waals surface area contributed by atoms with E-state index in [2.05, 4.69) is 41.2 Å². The number of rotatable bonds is 2. The van der Waals surface area contributed by atoms with Gasteiger partial charge in [0.25, 0.3) is 0 Å². The second-order valence-corrected chi connectivity index (χ2v) is 5.75. The van der Waals surface area contributed by atoms with Crippen LogP contribution in [0.2, 0.25) is 0 Å². The van der Waals surface area contributed by atoms with Gasteiger partial charge in [0.2, 0.25) is 0 Å². The summed E-state index contributed by atoms with van der Waals surface area (Å²) in [7, 11) is 0. The van der Waals surface area contributed by atoms with E-state index in [0.29, 0.717) is 0 Å². The largest absolute Gasteiger partial charge is 0.353 e. The molecule has 4 rings (SSSR count). The summed E-state index contributed by atoms with van der Waals surface area (Å²) in [6.07, 6.45) is 6.15. The van der Waals surface area contributed by atoms with Crippen LogP contribution in [0.1, 0.15) is 25.3 Å². The summed E-state index contributed by atoms with van der Waals surface area (Å²) < 4.78 is 0. The summed E-state index contributed by atoms with van der Waals surface area (Å²) in [5, 5.41) is 2.52. The molecule has 0 amide bonds. The maximum Gasteiger partial charge on any atom is 0.0651 e. The van der Waals surface area contributed by atoms with Crippen molar-refractivity contribution < 1.29 is 0 Å². The Kier molecular flexibility index (Phi) is 2.07. The summed E-state index contributed by atoms with van der Waals surface area (Å²) in [4.78, 5) is 7.58. The van der Waals surface area contributed by atoms with Crippen LogP contribution in [0, 0.1) is 0 Å². The molecule has 3 nitrogen and oxygen atoms in total. The second-order valence-electron chi connectivity index (χ2n) is 5.75. The summed E-state index contributed by atoms with van der Waals surface area (Å²) in [6, 6.07) is 9.00. The summed E-state index contributed by atoms with van der Waals surface area (Å²) in [5.74, 6) is 0. The van der Waals surface area contributed by atoms with Crippen molar-refractivity contribution in [3.63, 3.8) is 0 Å². The fourth-order valence-corrected chi connectivity index (χ4v) is 3.20. The van der Waals surface area contributed by atoms with E-state index in [1.54, 1.807) is 0 Å². The highest BCUT2D eigenvalue weighted by molar-refractivity contribution is 6.07. The van der Waals surface area contributed by atoms with Crippen LogP contribution in [0.15, 0.2) is 36.7 Å². The number of pyridine rings is 1. The Morgan fingerprint density at radius 2 is 2.05 bits per heavy atom. The highest BCUT2D eigenvalue weighted by Crippen LogP contribution is 2.50. The van der Waals surface area contributed by atoms with Gasteiger partial charge in [0.15, 0.2) is 0 Å². The standard InChI is InChI=1S/C16H17N3/c1-10(17)16(5-6-16)11-2-3-14-13(8-11)12-4-7-18-9-15(12)19-14/h2-4,7-10,19H,5-6,17H2,1H3. The van der Waals surface area contributed by atoms with Crippen LogP contribution in [-0.2, 0) is 5.41 Å².